The quantitative estimate of drug-likeness (QED) is 0.198. The Morgan fingerprint density at radius 2 is 1.30 bits per heavy atom. The second-order valence-electron chi connectivity index (χ2n) is 5.65. The van der Waals surface area contributed by atoms with Crippen molar-refractivity contribution in [1.29, 1.82) is 0 Å². The van der Waals surface area contributed by atoms with E-state index in [1.165, 1.54) is 7.11 Å². The van der Waals surface area contributed by atoms with Crippen LogP contribution in [0.15, 0.2) is 0 Å². The van der Waals surface area contributed by atoms with E-state index in [-0.39, 0.29) is 13.0 Å². The van der Waals surface area contributed by atoms with Crippen molar-refractivity contribution in [3.05, 3.63) is 0 Å². The monoisotopic (exact) mass is 412 g/mol. The van der Waals surface area contributed by atoms with Crippen molar-refractivity contribution >= 4 is 38.0 Å². The minimum atomic E-state index is -3.29. The fourth-order valence-corrected chi connectivity index (χ4v) is 5.78. The van der Waals surface area contributed by atoms with Crippen LogP contribution in [0.2, 0.25) is 0 Å². The van der Waals surface area contributed by atoms with Crippen LogP contribution in [0.25, 0.3) is 0 Å². The van der Waals surface area contributed by atoms with E-state index in [0.717, 1.165) is 0 Å². The van der Waals surface area contributed by atoms with Gasteiger partial charge in [0, 0.05) is 0 Å². The molecule has 0 aromatic rings. The molecule has 0 bridgehead atoms. The van der Waals surface area contributed by atoms with Gasteiger partial charge < -0.3 is 0 Å². The first-order valence-electron chi connectivity index (χ1n) is 8.22. The van der Waals surface area contributed by atoms with Crippen LogP contribution in [0.1, 0.15) is 20.8 Å². The summed E-state index contributed by atoms with van der Waals surface area (Å²) in [7, 11) is -0.619. The number of aliphatic carboxylic acids is 2. The van der Waals surface area contributed by atoms with Crippen molar-refractivity contribution in [3.8, 4) is 0 Å². The minimum absolute atomic E-state index is 0.101. The zero-order valence-electron chi connectivity index (χ0n) is 15.8. The van der Waals surface area contributed by atoms with Gasteiger partial charge in [-0.3, -0.25) is 0 Å². The average Bonchev–Trinajstić information content (AvgIpc) is 2.64. The molecule has 0 atom stereocenters. The predicted molar refractivity (Wildman–Crippen MR) is 95.5 cm³/mol. The third kappa shape index (κ3) is 7.41. The number of hydrogen-bond acceptors (Lipinski definition) is 9. The predicted octanol–water partition coefficient (Wildman–Crippen LogP) is 0.392. The van der Waals surface area contributed by atoms with Crippen LogP contribution in [0.4, 0.5) is 0 Å². The van der Waals surface area contributed by atoms with Gasteiger partial charge in [-0.2, -0.15) is 0 Å². The molecule has 0 unspecified atom stereocenters. The molecule has 0 aromatic heterocycles. The van der Waals surface area contributed by atoms with Crippen LogP contribution in [0, 0.1) is 0 Å². The summed E-state index contributed by atoms with van der Waals surface area (Å²) in [6, 6.07) is 0. The van der Waals surface area contributed by atoms with Gasteiger partial charge in [0.05, 0.1) is 0 Å². The number of ether oxygens (including phenoxy) is 2. The second kappa shape index (κ2) is 11.2. The van der Waals surface area contributed by atoms with Crippen LogP contribution in [0.3, 0.4) is 0 Å². The molecule has 27 heavy (non-hydrogen) atoms. The fourth-order valence-electron chi connectivity index (χ4n) is 2.22. The molecule has 0 heterocycles. The number of carboxylic acids is 2. The van der Waals surface area contributed by atoms with Crippen LogP contribution >= 0.6 is 6.83 Å². The molecule has 0 rings (SSSR count). The van der Waals surface area contributed by atoms with Crippen molar-refractivity contribution in [2.24, 2.45) is 0 Å². The van der Waals surface area contributed by atoms with E-state index in [2.05, 4.69) is 9.31 Å². The van der Waals surface area contributed by atoms with Gasteiger partial charge in [0.15, 0.2) is 0 Å². The Hall–Kier alpha value is -1.75. The van der Waals surface area contributed by atoms with Crippen molar-refractivity contribution in [2.45, 2.75) is 20.8 Å². The molecule has 11 nitrogen and oxygen atoms in total. The summed E-state index contributed by atoms with van der Waals surface area (Å²) >= 11 is 0. The summed E-state index contributed by atoms with van der Waals surface area (Å²) in [4.78, 5) is 44.2. The Bertz CT molecular complexity index is 510. The van der Waals surface area contributed by atoms with E-state index >= 15 is 0 Å². The molecule has 0 saturated heterocycles. The molecular formula is C14H26BO11P. The molecule has 0 amide bonds. The van der Waals surface area contributed by atoms with Gasteiger partial charge >= 0.3 is 157 Å². The van der Waals surface area contributed by atoms with E-state index in [4.69, 9.17) is 24.1 Å². The number of hydrogen-bond donors (Lipinski definition) is 2. The summed E-state index contributed by atoms with van der Waals surface area (Å²) in [6.45, 7) is 2.71. The zero-order chi connectivity index (χ0) is 21.1. The Labute approximate surface area is 157 Å². The Morgan fingerprint density at radius 1 is 0.852 bits per heavy atom. The van der Waals surface area contributed by atoms with E-state index in [1.807, 2.05) is 0 Å². The van der Waals surface area contributed by atoms with E-state index < -0.39 is 38.0 Å². The van der Waals surface area contributed by atoms with Crippen molar-refractivity contribution < 1.29 is 52.6 Å². The van der Waals surface area contributed by atoms with Gasteiger partial charge in [0.1, 0.15) is 0 Å². The Morgan fingerprint density at radius 3 is 1.63 bits per heavy atom. The maximum atomic E-state index is 11.4. The fraction of sp³-hybridized carbons (Fsp3) is 0.714. The molecule has 0 radical (unpaired) electrons. The van der Waals surface area contributed by atoms with Gasteiger partial charge in [-0.15, -0.1) is 0 Å². The van der Waals surface area contributed by atoms with Crippen LogP contribution in [0.5, 0.6) is 0 Å². The van der Waals surface area contributed by atoms with Crippen LogP contribution in [-0.4, -0.2) is 86.6 Å². The van der Waals surface area contributed by atoms with Gasteiger partial charge in [-0.25, -0.2) is 0 Å². The van der Waals surface area contributed by atoms with Crippen molar-refractivity contribution in [2.75, 3.05) is 45.2 Å². The summed E-state index contributed by atoms with van der Waals surface area (Å²) in [6.07, 6.45) is 1.39. The van der Waals surface area contributed by atoms with Gasteiger partial charge in [0.2, 0.25) is 0 Å². The summed E-state index contributed by atoms with van der Waals surface area (Å²) in [5.41, 5.74) is 0. The second-order valence-corrected chi connectivity index (χ2v) is 11.7. The number of carbonyl (C=O) groups is 4. The van der Waals surface area contributed by atoms with E-state index in [9.17, 15) is 19.2 Å². The topological polar surface area (TPSA) is 155 Å². The summed E-state index contributed by atoms with van der Waals surface area (Å²) in [5, 5.41) is 17.4. The van der Waals surface area contributed by atoms with Gasteiger partial charge in [-0.05, 0) is 0 Å². The van der Waals surface area contributed by atoms with Gasteiger partial charge in [-0.1, -0.05) is 0 Å². The molecule has 0 fully saturated rings. The van der Waals surface area contributed by atoms with Crippen molar-refractivity contribution in [1.82, 2.24) is 0 Å². The first-order valence-corrected chi connectivity index (χ1v) is 11.1. The number of rotatable bonds is 12. The molecule has 0 aromatic carbocycles. The first kappa shape index (κ1) is 25.3. The van der Waals surface area contributed by atoms with E-state index in [0.29, 0.717) is 25.1 Å². The average molecular weight is 412 g/mol. The van der Waals surface area contributed by atoms with Crippen LogP contribution in [-0.2, 0) is 42.4 Å². The number of carboxylic acid groups (broad SMARTS) is 2. The number of carbonyl (C=O) groups excluding carboxylic acids is 2. The van der Waals surface area contributed by atoms with E-state index in [1.54, 1.807) is 20.8 Å². The Balaban J connectivity index is 5.66. The Kier molecular flexibility index (Phi) is 10.5. The molecule has 0 aliphatic heterocycles. The standard InChI is InChI=1S/C14H26BO11P/c1-5-27(6-2,7-3,10-23-9-8-22-4)26-15(24-13(20)11(16)17)25-14(21)12(18)19/h5-10H2,1-4H3,(H,16,17)(H,18,19). The number of methoxy groups -OCH3 is 1. The molecule has 0 aliphatic rings. The third-order valence-electron chi connectivity index (χ3n) is 4.39. The molecule has 0 saturated carbocycles. The zero-order valence-corrected chi connectivity index (χ0v) is 16.7. The first-order chi connectivity index (χ1) is 12.6. The molecule has 0 spiro atoms. The molecular weight excluding hydrogens is 386 g/mol. The van der Waals surface area contributed by atoms with Gasteiger partial charge in [0.25, 0.3) is 0 Å². The normalized spacial score (nSPS) is 12.5. The summed E-state index contributed by atoms with van der Waals surface area (Å²) in [5.74, 6) is -7.40. The maximum absolute atomic E-state index is 11.4. The molecule has 13 heteroatoms. The molecule has 156 valence electrons. The third-order valence-corrected chi connectivity index (χ3v) is 10.8. The van der Waals surface area contributed by atoms with Crippen molar-refractivity contribution in [3.63, 3.8) is 0 Å². The summed E-state index contributed by atoms with van der Waals surface area (Å²) < 4.78 is 25.4. The molecule has 2 N–H and O–H groups in total. The van der Waals surface area contributed by atoms with Crippen LogP contribution < -0.4 is 0 Å². The molecule has 0 aliphatic carbocycles. The SMILES string of the molecule is CCP(CC)(CC)(COCCOC)OB(OC(=O)C(=O)O)OC(=O)C(=O)O.